The zero-order valence-electron chi connectivity index (χ0n) is 154. The van der Waals surface area contributed by atoms with Gasteiger partial charge in [0.25, 0.3) is 16.7 Å². The van der Waals surface area contributed by atoms with Gasteiger partial charge in [-0.1, -0.05) is 236 Å². The molecule has 0 bridgehead atoms. The molecule has 18 nitrogen and oxygen atoms in total. The number of likely N-dealkylation sites (N-methyl/N-ethyl adjacent to an activating group) is 3. The van der Waals surface area contributed by atoms with Crippen LogP contribution in [0.5, 0.6) is 0 Å². The molecule has 0 spiro atoms. The van der Waals surface area contributed by atoms with Crippen molar-refractivity contribution in [1.82, 2.24) is 58.1 Å². The molecule has 766 valence electrons. The third-order valence-corrected chi connectivity index (χ3v) is 21.1. The van der Waals surface area contributed by atoms with E-state index in [1.807, 2.05) is 0 Å². The number of alkyl halides is 9. The Balaban J connectivity index is 0.000000266. The quantitative estimate of drug-likeness (QED) is 0.0202. The number of hydrogen-bond acceptors (Lipinski definition) is 15. The minimum atomic E-state index is -5.58. The Morgan fingerprint density at radius 3 is 1.17 bits per heavy atom. The minimum Gasteiger partial charge on any atom is -0.336 e. The number of halogens is 12. The number of rotatable bonds is 39. The van der Waals surface area contributed by atoms with E-state index >= 15 is 14.4 Å². The monoisotopic (exact) mass is 2120 g/mol. The maximum Gasteiger partial charge on any atom is 0.416 e. The highest BCUT2D eigenvalue weighted by atomic mass is 32.2. The van der Waals surface area contributed by atoms with E-state index in [0.29, 0.717) is 67.5 Å². The fourth-order valence-electron chi connectivity index (χ4n) is 12.2. The Morgan fingerprint density at radius 1 is 0.403 bits per heavy atom. The molecule has 6 unspecified atom stereocenters. The highest BCUT2D eigenvalue weighted by molar-refractivity contribution is 7.98. The highest BCUT2D eigenvalue weighted by Gasteiger charge is 2.40. The lowest BCUT2D eigenvalue weighted by Crippen LogP contribution is -2.42. The Bertz CT molecular complexity index is 10700. The van der Waals surface area contributed by atoms with Crippen LogP contribution in [-0.4, -0.2) is 166 Å². The molecule has 3 amide bonds. The van der Waals surface area contributed by atoms with E-state index < -0.39 is 592 Å². The summed E-state index contributed by atoms with van der Waals surface area (Å²) in [6, 6.07) is -30.2. The van der Waals surface area contributed by atoms with Crippen molar-refractivity contribution in [2.75, 3.05) is 84.5 Å². The maximum absolute atomic E-state index is 15.7. The third kappa shape index (κ3) is 29.8. The molecule has 6 atom stereocenters. The summed E-state index contributed by atoms with van der Waals surface area (Å²) < 4.78 is 857. The molecule has 7 aromatic carbocycles. The second kappa shape index (κ2) is 50.6. The van der Waals surface area contributed by atoms with Crippen LogP contribution in [0.4, 0.5) is 52.7 Å². The molecular formula is C111H124F12N12O6S3. The Labute approximate surface area is 957 Å². The SMILES string of the molecule is [2H]C1=C(C2=C([2H])C([2H])=C(C(F)(F)F)C(C)C2[2H])C([2H])C([2H])C(C([2H])([2H])N(C(=O)C([2H])([2H])n2c(SC([2H])([2H])c3c([2H])c([2H])c(F)c([2H])c3[2H])nc(=O)c3c2CCC3)C([2H])([2H])C([2H])([2H])N(C([2H])([2H])C)C([2H])([2H])C)=C1[2H].[2H]c1c([2H])c(C([2H])([2H])Sc2nc(=O)c3c(n2C([2H])([2H])C(=O)N(C([2H])([2H])c2c([2H])c([2H])c(-c4c([2H])c([2H])c(C(F)(F)F)c([2H])c4[2H])c([2H])c2[2H])C([2H])([2H])C([2H])([2H])N(C([2H])([2H])C)C([2H])([2H])C)C([2H])([2H])C([2H])(C)C3([2H])[2H])c([2H])c([2H])c1F.[2H]c1c([2H])c(C([2H])([2H])Sc2nc(=O)c3c(n2C([2H])([2H])C(=O)N(C([2H])([2H])c2ccc(-c4ccc(C(F)(F)F)cc4)cc2)C([2H])([2H])C([2H])([2H])N(C([2H])([2H])C)C([2H])([2H])C)C([2H])([2H])C([2H])(C)C3([2H])[2H])c([2H])c([2H])c1F. The van der Waals surface area contributed by atoms with Crippen LogP contribution in [0.15, 0.2) is 246 Å². The predicted molar refractivity (Wildman–Crippen MR) is 544 cm³/mol. The standard InChI is InChI=1S/2C37H40F4N4O2S.C37H44F4N4O2S/c2*1-4-43(5-2)18-19-44(22-26-6-10-28(11-7-26)29-12-14-30(15-13-29)37(39,40)41)34(46)23-45-33-21-25(3)20-32(33)35(47)42-36(45)48-24-27-8-16-31(38)17-9-27;1-4-43(5-2)19-20-44(22-26-9-13-28(14-10-26)29-15-18-32(25(3)21-29)37(39,40)41)34(46)23-45-33-8-6-7-31(33)35(47)42-36(45)48-24-27-11-16-30(38)17-12-27/h2*6-17,25H,4-5,18-24H2,1-3H3;9,11-13,15-18,25H,4-8,10,14,19-24H2,1-3H3/i4D2,5D2,6D,7D,8D,9D,10D,11D,12D,13D,14D,15D,16D,17D,18D2,19D2,20D2,21D2,22D2,23D2,24D2,25D;4D2,5D2,8D,9D,16D,17D,18D2,19D2,20D2,21D2,22D2,23D2,24D2,25D;4D2,5D2,9D,10D,11D,12D,13D,14D,15D,16D,17D,18D,19D2,20D2,21D,22D2,23D2,24D2. The van der Waals surface area contributed by atoms with Crippen molar-refractivity contribution < 1.29 is 175 Å². The minimum absolute atomic E-state index is 0.0292. The van der Waals surface area contributed by atoms with Crippen molar-refractivity contribution >= 4 is 53.0 Å². The molecular weight excluding hydrogens is 1920 g/mol. The lowest BCUT2D eigenvalue weighted by molar-refractivity contribution is -0.138. The fourth-order valence-corrected chi connectivity index (χ4v) is 14.2. The summed E-state index contributed by atoms with van der Waals surface area (Å²) in [5, 5.41) is -4.60. The number of carbonyl (C=O) groups excluding carboxylic acids is 3. The Morgan fingerprint density at radius 2 is 0.771 bits per heavy atom. The van der Waals surface area contributed by atoms with Crippen molar-refractivity contribution in [3.63, 3.8) is 0 Å². The van der Waals surface area contributed by atoms with Gasteiger partial charge < -0.3 is 43.1 Å². The van der Waals surface area contributed by atoms with Crippen molar-refractivity contribution in [3.05, 3.63) is 337 Å². The smallest absolute Gasteiger partial charge is 0.336 e. The third-order valence-electron chi connectivity index (χ3n) is 18.8. The van der Waals surface area contributed by atoms with Gasteiger partial charge in [-0.05, 0) is 242 Å². The van der Waals surface area contributed by atoms with Crippen LogP contribution in [-0.2, 0) is 115 Å². The van der Waals surface area contributed by atoms with Crippen LogP contribution in [0.1, 0.15) is 269 Å². The van der Waals surface area contributed by atoms with Gasteiger partial charge in [-0.3, -0.25) is 28.8 Å². The van der Waals surface area contributed by atoms with E-state index in [2.05, 4.69) is 15.0 Å². The highest BCUT2D eigenvalue weighted by Crippen LogP contribution is 2.42. The normalized spacial score (nSPS) is 29.8. The van der Waals surface area contributed by atoms with Gasteiger partial charge in [0.15, 0.2) is 15.5 Å². The molecule has 0 saturated heterocycles. The van der Waals surface area contributed by atoms with Crippen molar-refractivity contribution in [2.24, 2.45) is 17.7 Å². The zero-order valence-corrected chi connectivity index (χ0v) is 77.6. The first kappa shape index (κ1) is 46.0. The first-order chi connectivity index (χ1) is 99.2. The van der Waals surface area contributed by atoms with E-state index in [0.717, 1.165) is 43.3 Å². The van der Waals surface area contributed by atoms with Gasteiger partial charge >= 0.3 is 18.5 Å². The number of benzene rings is 7. The number of allylic oxidation sites excluding steroid dienone is 7. The fraction of sp³-hybridized carbons (Fsp3) is 0.414. The van der Waals surface area contributed by atoms with Crippen LogP contribution >= 0.6 is 35.3 Å². The van der Waals surface area contributed by atoms with Crippen molar-refractivity contribution in [1.29, 1.82) is 0 Å². The van der Waals surface area contributed by atoms with Gasteiger partial charge in [0.1, 0.15) is 36.9 Å². The molecule has 10 aromatic rings. The number of aromatic nitrogens is 6. The molecule has 5 aliphatic rings. The summed E-state index contributed by atoms with van der Waals surface area (Å²) in [5.41, 5.74) is -41.4. The average molecular weight is 2130 g/mol. The maximum atomic E-state index is 15.7. The molecule has 0 aliphatic heterocycles. The predicted octanol–water partition coefficient (Wildman–Crippen LogP) is 22.4. The van der Waals surface area contributed by atoms with E-state index in [9.17, 15) is 91.7 Å². The number of hydrogen-bond donors (Lipinski definition) is 0. The molecule has 0 radical (unpaired) electrons. The molecule has 15 rings (SSSR count). The van der Waals surface area contributed by atoms with Gasteiger partial charge in [0.2, 0.25) is 17.7 Å². The van der Waals surface area contributed by atoms with Gasteiger partial charge in [0, 0.05) is 166 Å². The van der Waals surface area contributed by atoms with Crippen molar-refractivity contribution in [2.45, 2.75) is 210 Å². The molecule has 0 saturated carbocycles. The van der Waals surface area contributed by atoms with Gasteiger partial charge in [-0.2, -0.15) is 54.5 Å². The summed E-state index contributed by atoms with van der Waals surface area (Å²) in [4.78, 5) is 93.8. The van der Waals surface area contributed by atoms with Crippen LogP contribution in [0.2, 0.25) is 0 Å². The van der Waals surface area contributed by atoms with Crippen LogP contribution in [0, 0.1) is 35.2 Å². The molecule has 144 heavy (non-hydrogen) atoms. The molecule has 3 heterocycles. The molecule has 5 aliphatic carbocycles. The van der Waals surface area contributed by atoms with Crippen LogP contribution in [0.3, 0.4) is 0 Å². The summed E-state index contributed by atoms with van der Waals surface area (Å²) in [6.45, 7) is -70.2. The van der Waals surface area contributed by atoms with Crippen molar-refractivity contribution in [3.8, 4) is 22.3 Å². The molecule has 0 N–H and O–H groups in total. The van der Waals surface area contributed by atoms with E-state index in [1.165, 1.54) is 0 Å². The first-order valence-corrected chi connectivity index (χ1v) is 43.3. The van der Waals surface area contributed by atoms with Crippen LogP contribution in [0.25, 0.3) is 22.3 Å². The van der Waals surface area contributed by atoms with E-state index in [1.54, 1.807) is 0 Å². The Kier molecular flexibility index (Phi) is 16.2. The largest absolute Gasteiger partial charge is 0.416 e. The molecule has 0 fully saturated rings. The van der Waals surface area contributed by atoms with E-state index in [-0.39, 0.29) is 50.4 Å². The number of amides is 3. The number of carbonyl (C=O) groups is 3. The topological polar surface area (TPSA) is 175 Å². The zero-order chi connectivity index (χ0) is 173. The first-order valence-electron chi connectivity index (χ1n) is 80.6. The second-order valence-corrected chi connectivity index (χ2v) is 30.8. The van der Waals surface area contributed by atoms with Gasteiger partial charge in [0.05, 0.1) is 68.7 Å². The summed E-state index contributed by atoms with van der Waals surface area (Å²) in [5.74, 6) is -22.3. The second-order valence-electron chi connectivity index (χ2n) is 28.5. The number of fused-ring (bicyclic) bond motifs is 3. The number of nitrogens with zero attached hydrogens (tertiary/aromatic N) is 12. The van der Waals surface area contributed by atoms with E-state index in [4.69, 9.17) is 83.6 Å². The summed E-state index contributed by atoms with van der Waals surface area (Å²) in [7, 11) is 0. The van der Waals surface area contributed by atoms with Gasteiger partial charge in [-0.25, -0.2) is 13.2 Å². The summed E-state index contributed by atoms with van der Waals surface area (Å²) >= 11 is -1.71. The summed E-state index contributed by atoms with van der Waals surface area (Å²) in [6.07, 6.45) is -38.6. The molecule has 3 aromatic heterocycles. The lowest BCUT2D eigenvalue weighted by atomic mass is 9.82. The van der Waals surface area contributed by atoms with Gasteiger partial charge in [-0.15, -0.1) is 0 Å². The number of thioether (sulfide) groups is 3. The van der Waals surface area contributed by atoms with Crippen LogP contribution < -0.4 is 16.7 Å². The average Bonchev–Trinajstić information content (AvgIpc) is 1.51. The Hall–Kier alpha value is -11.4. The lowest BCUT2D eigenvalue weighted by Gasteiger charge is -2.30. The molecule has 33 heteroatoms.